The Bertz CT molecular complexity index is 1330. The smallest absolute Gasteiger partial charge is 0.170 e. The van der Waals surface area contributed by atoms with Crippen LogP contribution in [0.3, 0.4) is 0 Å². The average Bonchev–Trinajstić information content (AvgIpc) is 3.39. The number of benzene rings is 2. The van der Waals surface area contributed by atoms with Gasteiger partial charge < -0.3 is 29.2 Å². The van der Waals surface area contributed by atoms with Crippen LogP contribution in [0.5, 0.6) is 11.5 Å². The lowest BCUT2D eigenvalue weighted by Gasteiger charge is -2.67. The van der Waals surface area contributed by atoms with Crippen molar-refractivity contribution in [3.8, 4) is 11.5 Å². The van der Waals surface area contributed by atoms with E-state index in [-0.39, 0.29) is 10.4 Å². The van der Waals surface area contributed by atoms with Crippen LogP contribution in [0, 0.1) is 11.1 Å². The maximum Gasteiger partial charge on any atom is 0.170 e. The van der Waals surface area contributed by atoms with E-state index in [1.54, 1.807) is 6.07 Å². The first-order valence-corrected chi connectivity index (χ1v) is 11.8. The molecule has 2 aromatic carbocycles. The Balaban J connectivity index is 1.44. The Hall–Kier alpha value is -2.54. The summed E-state index contributed by atoms with van der Waals surface area (Å²) in [5, 5.41) is 38.7. The number of hydrogen-bond acceptors (Lipinski definition) is 5. The fourth-order valence-corrected chi connectivity index (χ4v) is 7.70. The van der Waals surface area contributed by atoms with Crippen LogP contribution in [0.2, 0.25) is 0 Å². The number of para-hydroxylation sites is 1. The van der Waals surface area contributed by atoms with Gasteiger partial charge in [0, 0.05) is 41.7 Å². The maximum atomic E-state index is 14.3. The first kappa shape index (κ1) is 18.0. The van der Waals surface area contributed by atoms with Crippen molar-refractivity contribution in [2.75, 3.05) is 13.1 Å². The van der Waals surface area contributed by atoms with Gasteiger partial charge in [0.25, 0.3) is 0 Å². The van der Waals surface area contributed by atoms with Crippen molar-refractivity contribution < 1.29 is 24.0 Å². The van der Waals surface area contributed by atoms with Crippen molar-refractivity contribution in [1.29, 1.82) is 0 Å². The van der Waals surface area contributed by atoms with E-state index in [1.165, 1.54) is 0 Å². The Morgan fingerprint density at radius 2 is 2.00 bits per heavy atom. The highest BCUT2D eigenvalue weighted by Crippen LogP contribution is 2.70. The summed E-state index contributed by atoms with van der Waals surface area (Å²) < 4.78 is 12.5. The lowest BCUT2D eigenvalue weighted by atomic mass is 9.49. The summed E-state index contributed by atoms with van der Waals surface area (Å²) in [6.07, 6.45) is 3.12. The number of furan rings is 1. The number of piperidine rings is 1. The van der Waals surface area contributed by atoms with Crippen molar-refractivity contribution in [1.82, 2.24) is 0 Å². The number of aliphatic hydroxyl groups is 1. The van der Waals surface area contributed by atoms with Crippen molar-refractivity contribution in [2.24, 2.45) is 5.92 Å². The van der Waals surface area contributed by atoms with Crippen molar-refractivity contribution >= 4 is 11.0 Å². The third-order valence-corrected chi connectivity index (χ3v) is 9.22. The van der Waals surface area contributed by atoms with Crippen LogP contribution in [-0.4, -0.2) is 39.6 Å². The number of nitrogens with zero attached hydrogens (tertiary/aromatic N) is 1. The molecule has 3 aromatic rings. The molecule has 2 aliphatic heterocycles. The highest BCUT2D eigenvalue weighted by Gasteiger charge is 2.76. The van der Waals surface area contributed by atoms with Crippen LogP contribution in [0.25, 0.3) is 11.0 Å². The molecule has 2 bridgehead atoms. The molecule has 8 rings (SSSR count). The molecule has 1 saturated heterocycles. The van der Waals surface area contributed by atoms with Crippen LogP contribution in [0.15, 0.2) is 40.8 Å². The predicted octanol–water partition coefficient (Wildman–Crippen LogP) is 3.85. The molecule has 1 aromatic heterocycles. The number of fused-ring (bicyclic) bond motifs is 4. The molecule has 0 radical (unpaired) electrons. The SMILES string of the molecule is [O-][N+]1(CC2CC2)CC[C@]23c4c5ccc(O)c4O[C@H]2c2oc4ccccc4c2C[C@@]3(O)[C@@H]1C5. The van der Waals surface area contributed by atoms with Gasteiger partial charge in [-0.3, -0.25) is 0 Å². The van der Waals surface area contributed by atoms with E-state index in [4.69, 9.17) is 9.15 Å². The summed E-state index contributed by atoms with van der Waals surface area (Å²) in [4.78, 5) is 0. The topological polar surface area (TPSA) is 85.9 Å². The molecule has 5 aliphatic rings. The standard InChI is InChI=1S/C26H25NO5/c28-18-8-7-15-11-20-26(29)12-17-16-3-1-2-4-19(16)31-22(17)24-25(26,21(15)23(18)32-24)9-10-27(20,30)13-14-5-6-14/h1-4,7-8,14,20,24,28-29H,5-6,9-13H2/t20-,24-,25-,26+,27?/m0/s1. The number of quaternary nitrogens is 1. The van der Waals surface area contributed by atoms with Crippen molar-refractivity contribution in [3.63, 3.8) is 0 Å². The normalized spacial score (nSPS) is 38.3. The van der Waals surface area contributed by atoms with Gasteiger partial charge in [0.05, 0.1) is 18.5 Å². The molecule has 6 heteroatoms. The highest BCUT2D eigenvalue weighted by molar-refractivity contribution is 5.84. The third kappa shape index (κ3) is 1.83. The van der Waals surface area contributed by atoms with Gasteiger partial charge in [0.2, 0.25) is 0 Å². The average molecular weight is 431 g/mol. The number of hydrogen-bond donors (Lipinski definition) is 2. The van der Waals surface area contributed by atoms with Gasteiger partial charge >= 0.3 is 0 Å². The molecule has 6 nitrogen and oxygen atoms in total. The zero-order chi connectivity index (χ0) is 21.5. The molecule has 2 N–H and O–H groups in total. The molecule has 5 atom stereocenters. The van der Waals surface area contributed by atoms with Crippen molar-refractivity contribution in [2.45, 2.75) is 55.3 Å². The summed E-state index contributed by atoms with van der Waals surface area (Å²) in [7, 11) is 0. The monoisotopic (exact) mass is 431 g/mol. The molecule has 2 fully saturated rings. The van der Waals surface area contributed by atoms with Crippen molar-refractivity contribution in [3.05, 3.63) is 64.1 Å². The maximum absolute atomic E-state index is 14.3. The minimum absolute atomic E-state index is 0.0948. The van der Waals surface area contributed by atoms with E-state index in [1.807, 2.05) is 30.3 Å². The number of rotatable bonds is 2. The Morgan fingerprint density at radius 3 is 2.84 bits per heavy atom. The zero-order valence-corrected chi connectivity index (χ0v) is 17.7. The molecule has 3 aliphatic carbocycles. The van der Waals surface area contributed by atoms with Gasteiger partial charge in [0.1, 0.15) is 23.0 Å². The first-order chi connectivity index (χ1) is 15.4. The fraction of sp³-hybridized carbons (Fsp3) is 0.462. The zero-order valence-electron chi connectivity index (χ0n) is 17.7. The second kappa shape index (κ2) is 5.33. The molecule has 3 heterocycles. The number of phenols is 1. The van der Waals surface area contributed by atoms with Crippen LogP contribution >= 0.6 is 0 Å². The summed E-state index contributed by atoms with van der Waals surface area (Å²) in [6.45, 7) is 1.06. The molecular weight excluding hydrogens is 406 g/mol. The quantitative estimate of drug-likeness (QED) is 0.476. The van der Waals surface area contributed by atoms with Gasteiger partial charge in [-0.1, -0.05) is 24.3 Å². The molecule has 32 heavy (non-hydrogen) atoms. The second-order valence-corrected chi connectivity index (χ2v) is 10.7. The van der Waals surface area contributed by atoms with E-state index < -0.39 is 23.2 Å². The first-order valence-electron chi connectivity index (χ1n) is 11.8. The van der Waals surface area contributed by atoms with E-state index in [0.29, 0.717) is 44.0 Å². The second-order valence-electron chi connectivity index (χ2n) is 10.7. The molecule has 1 spiro atoms. The molecule has 1 unspecified atom stereocenters. The lowest BCUT2D eigenvalue weighted by Crippen LogP contribution is -2.78. The van der Waals surface area contributed by atoms with E-state index in [2.05, 4.69) is 0 Å². The highest BCUT2D eigenvalue weighted by atomic mass is 16.6. The molecule has 0 amide bonds. The third-order valence-electron chi connectivity index (χ3n) is 9.22. The summed E-state index contributed by atoms with van der Waals surface area (Å²) >= 11 is 0. The Labute approximate surface area is 185 Å². The van der Waals surface area contributed by atoms with Gasteiger partial charge in [0.15, 0.2) is 17.6 Å². The Morgan fingerprint density at radius 1 is 1.16 bits per heavy atom. The lowest BCUT2D eigenvalue weighted by molar-refractivity contribution is -0.924. The van der Waals surface area contributed by atoms with Gasteiger partial charge in [-0.25, -0.2) is 0 Å². The van der Waals surface area contributed by atoms with Crippen LogP contribution < -0.4 is 4.74 Å². The number of aromatic hydroxyl groups is 1. The largest absolute Gasteiger partial charge is 0.632 e. The minimum Gasteiger partial charge on any atom is -0.632 e. The number of likely N-dealkylation sites (tertiary alicyclic amines) is 1. The minimum atomic E-state index is -1.25. The van der Waals surface area contributed by atoms with Gasteiger partial charge in [-0.15, -0.1) is 0 Å². The fourth-order valence-electron chi connectivity index (χ4n) is 7.70. The predicted molar refractivity (Wildman–Crippen MR) is 116 cm³/mol. The van der Waals surface area contributed by atoms with Crippen LogP contribution in [0.4, 0.5) is 0 Å². The van der Waals surface area contributed by atoms with E-state index in [9.17, 15) is 15.4 Å². The van der Waals surface area contributed by atoms with Gasteiger partial charge in [-0.05, 0) is 30.5 Å². The molecular formula is C26H25NO5. The van der Waals surface area contributed by atoms with E-state index in [0.717, 1.165) is 46.3 Å². The number of hydroxylamine groups is 3. The van der Waals surface area contributed by atoms with E-state index >= 15 is 0 Å². The summed E-state index contributed by atoms with van der Waals surface area (Å²) in [5.74, 6) is 1.78. The molecule has 164 valence electrons. The Kier molecular flexibility index (Phi) is 2.99. The molecule has 1 saturated carbocycles. The summed E-state index contributed by atoms with van der Waals surface area (Å²) in [5.41, 5.74) is 1.64. The van der Waals surface area contributed by atoms with Crippen LogP contribution in [-0.2, 0) is 18.3 Å². The number of ether oxygens (including phenoxy) is 1. The number of phenolic OH excluding ortho intramolecular Hbond substituents is 1. The van der Waals surface area contributed by atoms with Crippen LogP contribution in [0.1, 0.15) is 47.8 Å². The van der Waals surface area contributed by atoms with Gasteiger partial charge in [-0.2, -0.15) is 0 Å². The summed E-state index contributed by atoms with van der Waals surface area (Å²) in [6, 6.07) is 11.0.